The van der Waals surface area contributed by atoms with Crippen molar-refractivity contribution in [2.45, 2.75) is 13.5 Å². The van der Waals surface area contributed by atoms with Crippen LogP contribution in [0.4, 0.5) is 11.4 Å². The first-order valence-electron chi connectivity index (χ1n) is 8.47. The van der Waals surface area contributed by atoms with Crippen molar-refractivity contribution in [2.24, 2.45) is 0 Å². The molecule has 132 valence electrons. The second-order valence-electron chi connectivity index (χ2n) is 5.86. The molecule has 1 amide bonds. The van der Waals surface area contributed by atoms with Crippen molar-refractivity contribution in [1.29, 1.82) is 0 Å². The van der Waals surface area contributed by atoms with E-state index in [9.17, 15) is 4.79 Å². The molecule has 0 spiro atoms. The number of nitrogens with zero attached hydrogens (tertiary/aromatic N) is 2. The van der Waals surface area contributed by atoms with Crippen LogP contribution < -0.4 is 10.2 Å². The number of nitrogens with one attached hydrogen (secondary N) is 1. The van der Waals surface area contributed by atoms with Crippen molar-refractivity contribution in [2.75, 3.05) is 16.8 Å². The summed E-state index contributed by atoms with van der Waals surface area (Å²) in [5.74, 6) is -0.245. The van der Waals surface area contributed by atoms with Crippen LogP contribution in [0.2, 0.25) is 5.02 Å². The van der Waals surface area contributed by atoms with Gasteiger partial charge in [-0.25, -0.2) is 4.98 Å². The normalized spacial score (nSPS) is 10.4. The Bertz CT molecular complexity index is 849. The van der Waals surface area contributed by atoms with E-state index in [1.807, 2.05) is 24.3 Å². The molecule has 4 nitrogen and oxygen atoms in total. The predicted octanol–water partition coefficient (Wildman–Crippen LogP) is 5.01. The number of amides is 1. The molecular weight excluding hydrogens is 346 g/mol. The van der Waals surface area contributed by atoms with Gasteiger partial charge in [-0.3, -0.25) is 4.79 Å². The highest BCUT2D eigenvalue weighted by Crippen LogP contribution is 2.18. The van der Waals surface area contributed by atoms with E-state index in [-0.39, 0.29) is 5.91 Å². The molecule has 3 aromatic rings. The highest BCUT2D eigenvalue weighted by molar-refractivity contribution is 6.30. The Morgan fingerprint density at radius 2 is 1.77 bits per heavy atom. The number of hydrogen-bond donors (Lipinski definition) is 1. The monoisotopic (exact) mass is 365 g/mol. The Morgan fingerprint density at radius 1 is 1.04 bits per heavy atom. The molecule has 0 saturated heterocycles. The minimum Gasteiger partial charge on any atom is -0.366 e. The fourth-order valence-corrected chi connectivity index (χ4v) is 2.75. The summed E-state index contributed by atoms with van der Waals surface area (Å²) in [6, 6.07) is 20.9. The van der Waals surface area contributed by atoms with E-state index in [0.29, 0.717) is 16.4 Å². The Labute approximate surface area is 158 Å². The van der Waals surface area contributed by atoms with Crippen LogP contribution in [-0.2, 0) is 6.54 Å². The van der Waals surface area contributed by atoms with Crippen LogP contribution in [0.25, 0.3) is 0 Å². The standard InChI is InChI=1S/C21H20ClN3O/c1-2-25(15-16-6-4-3-5-7-16)19-12-13-20(23-14-19)21(26)24-18-10-8-17(22)9-11-18/h3-14H,2,15H2,1H3,(H,24,26). The molecule has 5 heteroatoms. The first-order chi connectivity index (χ1) is 12.7. The number of carbonyl (C=O) groups excluding carboxylic acids is 1. The zero-order valence-corrected chi connectivity index (χ0v) is 15.3. The molecule has 0 aliphatic carbocycles. The van der Waals surface area contributed by atoms with Crippen molar-refractivity contribution >= 4 is 28.9 Å². The topological polar surface area (TPSA) is 45.2 Å². The smallest absolute Gasteiger partial charge is 0.274 e. The van der Waals surface area contributed by atoms with E-state index in [1.165, 1.54) is 5.56 Å². The summed E-state index contributed by atoms with van der Waals surface area (Å²) in [6.07, 6.45) is 1.74. The number of benzene rings is 2. The number of halogens is 1. The second kappa shape index (κ2) is 8.50. The van der Waals surface area contributed by atoms with Gasteiger partial charge >= 0.3 is 0 Å². The van der Waals surface area contributed by atoms with Gasteiger partial charge in [0, 0.05) is 23.8 Å². The summed E-state index contributed by atoms with van der Waals surface area (Å²) < 4.78 is 0. The van der Waals surface area contributed by atoms with Crippen LogP contribution in [0.3, 0.4) is 0 Å². The van der Waals surface area contributed by atoms with Gasteiger partial charge in [-0.2, -0.15) is 0 Å². The van der Waals surface area contributed by atoms with Gasteiger partial charge in [0.25, 0.3) is 5.91 Å². The average Bonchev–Trinajstić information content (AvgIpc) is 2.69. The van der Waals surface area contributed by atoms with Crippen molar-refractivity contribution < 1.29 is 4.79 Å². The van der Waals surface area contributed by atoms with Gasteiger partial charge < -0.3 is 10.2 Å². The summed E-state index contributed by atoms with van der Waals surface area (Å²) in [4.78, 5) is 18.9. The summed E-state index contributed by atoms with van der Waals surface area (Å²) in [7, 11) is 0. The molecule has 0 radical (unpaired) electrons. The molecule has 2 aromatic carbocycles. The van der Waals surface area contributed by atoms with E-state index in [0.717, 1.165) is 18.8 Å². The number of rotatable bonds is 6. The van der Waals surface area contributed by atoms with Crippen molar-refractivity contribution in [3.05, 3.63) is 89.2 Å². The van der Waals surface area contributed by atoms with E-state index in [2.05, 4.69) is 34.3 Å². The molecule has 1 N–H and O–H groups in total. The number of hydrogen-bond acceptors (Lipinski definition) is 3. The minimum atomic E-state index is -0.245. The number of aromatic nitrogens is 1. The fraction of sp³-hybridized carbons (Fsp3) is 0.143. The third-order valence-corrected chi connectivity index (χ3v) is 4.30. The molecule has 0 aliphatic rings. The largest absolute Gasteiger partial charge is 0.366 e. The van der Waals surface area contributed by atoms with Crippen molar-refractivity contribution in [1.82, 2.24) is 4.98 Å². The SMILES string of the molecule is CCN(Cc1ccccc1)c1ccc(C(=O)Nc2ccc(Cl)cc2)nc1. The second-order valence-corrected chi connectivity index (χ2v) is 6.30. The van der Waals surface area contributed by atoms with Crippen LogP contribution >= 0.6 is 11.6 Å². The molecule has 3 rings (SSSR count). The fourth-order valence-electron chi connectivity index (χ4n) is 2.63. The predicted molar refractivity (Wildman–Crippen MR) is 107 cm³/mol. The van der Waals surface area contributed by atoms with E-state index < -0.39 is 0 Å². The lowest BCUT2D eigenvalue weighted by atomic mass is 10.2. The lowest BCUT2D eigenvalue weighted by Gasteiger charge is -2.23. The van der Waals surface area contributed by atoms with Crippen LogP contribution in [0.1, 0.15) is 23.0 Å². The molecule has 0 fully saturated rings. The van der Waals surface area contributed by atoms with Crippen molar-refractivity contribution in [3.63, 3.8) is 0 Å². The Kier molecular flexibility index (Phi) is 5.87. The molecule has 1 heterocycles. The van der Waals surface area contributed by atoms with Crippen LogP contribution in [0, 0.1) is 0 Å². The van der Waals surface area contributed by atoms with Gasteiger partial charge in [0.2, 0.25) is 0 Å². The molecule has 0 saturated carbocycles. The van der Waals surface area contributed by atoms with E-state index in [4.69, 9.17) is 11.6 Å². The van der Waals surface area contributed by atoms with Crippen molar-refractivity contribution in [3.8, 4) is 0 Å². The molecule has 0 bridgehead atoms. The highest BCUT2D eigenvalue weighted by atomic mass is 35.5. The summed E-state index contributed by atoms with van der Waals surface area (Å²) in [5, 5.41) is 3.44. The van der Waals surface area contributed by atoms with Gasteiger partial charge in [0.15, 0.2) is 0 Å². The third kappa shape index (κ3) is 4.61. The number of pyridine rings is 1. The van der Waals surface area contributed by atoms with Gasteiger partial charge in [-0.15, -0.1) is 0 Å². The maximum Gasteiger partial charge on any atom is 0.274 e. The first kappa shape index (κ1) is 18.0. The van der Waals surface area contributed by atoms with Crippen LogP contribution in [0.5, 0.6) is 0 Å². The summed E-state index contributed by atoms with van der Waals surface area (Å²) in [6.45, 7) is 3.76. The third-order valence-electron chi connectivity index (χ3n) is 4.05. The zero-order valence-electron chi connectivity index (χ0n) is 14.5. The molecule has 1 aromatic heterocycles. The maximum atomic E-state index is 12.3. The van der Waals surface area contributed by atoms with Gasteiger partial charge in [-0.05, 0) is 48.9 Å². The lowest BCUT2D eigenvalue weighted by Crippen LogP contribution is -2.22. The van der Waals surface area contributed by atoms with Crippen LogP contribution in [0.15, 0.2) is 72.9 Å². The van der Waals surface area contributed by atoms with E-state index in [1.54, 1.807) is 36.5 Å². The van der Waals surface area contributed by atoms with Gasteiger partial charge in [0.05, 0.1) is 11.9 Å². The summed E-state index contributed by atoms with van der Waals surface area (Å²) >= 11 is 5.85. The average molecular weight is 366 g/mol. The molecule has 26 heavy (non-hydrogen) atoms. The summed E-state index contributed by atoms with van der Waals surface area (Å²) in [5.41, 5.74) is 3.28. The Morgan fingerprint density at radius 3 is 2.38 bits per heavy atom. The highest BCUT2D eigenvalue weighted by Gasteiger charge is 2.10. The minimum absolute atomic E-state index is 0.245. The maximum absolute atomic E-state index is 12.3. The first-order valence-corrected chi connectivity index (χ1v) is 8.85. The quantitative estimate of drug-likeness (QED) is 0.667. The molecular formula is C21H20ClN3O. The lowest BCUT2D eigenvalue weighted by molar-refractivity contribution is 0.102. The number of anilines is 2. The Hall–Kier alpha value is -2.85. The molecule has 0 aliphatic heterocycles. The Balaban J connectivity index is 1.68. The van der Waals surface area contributed by atoms with E-state index >= 15 is 0 Å². The number of carbonyl (C=O) groups is 1. The zero-order chi connectivity index (χ0) is 18.4. The van der Waals surface area contributed by atoms with Gasteiger partial charge in [0.1, 0.15) is 5.69 Å². The van der Waals surface area contributed by atoms with Crippen LogP contribution in [-0.4, -0.2) is 17.4 Å². The van der Waals surface area contributed by atoms with Gasteiger partial charge in [-0.1, -0.05) is 41.9 Å². The molecule has 0 unspecified atom stereocenters. The molecule has 0 atom stereocenters.